The van der Waals surface area contributed by atoms with Gasteiger partial charge < -0.3 is 27.6 Å². The van der Waals surface area contributed by atoms with Gasteiger partial charge in [0.25, 0.3) is 0 Å². The molecule has 82 valence electrons. The zero-order chi connectivity index (χ0) is 9.40. The molecule has 1 aromatic carbocycles. The van der Waals surface area contributed by atoms with E-state index in [1.54, 1.807) is 0 Å². The zero-order valence-electron chi connectivity index (χ0n) is 7.76. The molecule has 0 spiro atoms. The molecule has 6 heteroatoms. The van der Waals surface area contributed by atoms with E-state index >= 15 is 0 Å². The lowest BCUT2D eigenvalue weighted by molar-refractivity contribution is 0.137. The largest absolute Gasteiger partial charge is 0.503 e. The van der Waals surface area contributed by atoms with Gasteiger partial charge in [-0.1, -0.05) is 30.3 Å². The zero-order valence-corrected chi connectivity index (χ0v) is 7.76. The first kappa shape index (κ1) is 18.2. The molecule has 0 atom stereocenters. The second-order valence-corrected chi connectivity index (χ2v) is 1.93. The lowest BCUT2D eigenvalue weighted by Crippen LogP contribution is -1.81. The summed E-state index contributed by atoms with van der Waals surface area (Å²) in [5.41, 5.74) is 0.965. The molecule has 1 aromatic rings. The molecule has 0 aliphatic heterocycles. The molecule has 0 amide bonds. The highest BCUT2D eigenvalue weighted by molar-refractivity contribution is 5.53. The third kappa shape index (κ3) is 13.0. The lowest BCUT2D eigenvalue weighted by atomic mass is 10.2. The maximum atomic E-state index is 8.56. The van der Waals surface area contributed by atoms with Gasteiger partial charge in [-0.05, 0) is 5.56 Å². The second kappa shape index (κ2) is 11.4. The Morgan fingerprint density at radius 2 is 1.43 bits per heavy atom. The highest BCUT2D eigenvalue weighted by atomic mass is 16.6. The molecule has 0 saturated heterocycles. The number of aliphatic hydroxyl groups excluding tert-OH is 1. The SMILES string of the molecule is N.N.O=C(O)O.OCc1ccccc1. The molecule has 14 heavy (non-hydrogen) atoms. The van der Waals surface area contributed by atoms with Crippen molar-refractivity contribution in [2.45, 2.75) is 6.61 Å². The number of hydrogen-bond acceptors (Lipinski definition) is 4. The monoisotopic (exact) mass is 204 g/mol. The molecule has 0 aliphatic rings. The van der Waals surface area contributed by atoms with E-state index in [9.17, 15) is 0 Å². The Morgan fingerprint density at radius 3 is 1.64 bits per heavy atom. The first-order valence-corrected chi connectivity index (χ1v) is 3.23. The van der Waals surface area contributed by atoms with Crippen molar-refractivity contribution in [1.29, 1.82) is 0 Å². The van der Waals surface area contributed by atoms with Crippen molar-refractivity contribution in [3.63, 3.8) is 0 Å². The molecule has 6 nitrogen and oxygen atoms in total. The van der Waals surface area contributed by atoms with Crippen LogP contribution in [0.1, 0.15) is 5.56 Å². The van der Waals surface area contributed by atoms with Crippen LogP contribution in [0.3, 0.4) is 0 Å². The minimum Gasteiger partial charge on any atom is -0.450 e. The predicted octanol–water partition coefficient (Wildman–Crippen LogP) is 1.73. The highest BCUT2D eigenvalue weighted by Crippen LogP contribution is 1.95. The third-order valence-electron chi connectivity index (χ3n) is 1.03. The van der Waals surface area contributed by atoms with E-state index in [0.29, 0.717) is 0 Å². The van der Waals surface area contributed by atoms with Gasteiger partial charge >= 0.3 is 6.16 Å². The summed E-state index contributed by atoms with van der Waals surface area (Å²) in [5, 5.41) is 22.5. The van der Waals surface area contributed by atoms with E-state index in [1.807, 2.05) is 30.3 Å². The van der Waals surface area contributed by atoms with E-state index in [2.05, 4.69) is 0 Å². The fourth-order valence-electron chi connectivity index (χ4n) is 0.583. The second-order valence-electron chi connectivity index (χ2n) is 1.93. The Kier molecular flexibility index (Phi) is 14.8. The fourth-order valence-corrected chi connectivity index (χ4v) is 0.583. The van der Waals surface area contributed by atoms with Gasteiger partial charge in [-0.3, -0.25) is 0 Å². The molecule has 0 bridgehead atoms. The molecule has 0 aromatic heterocycles. The van der Waals surface area contributed by atoms with Crippen LogP contribution in [0.2, 0.25) is 0 Å². The number of rotatable bonds is 1. The number of carboxylic acid groups (broad SMARTS) is 2. The van der Waals surface area contributed by atoms with Crippen LogP contribution in [-0.2, 0) is 6.61 Å². The quantitative estimate of drug-likeness (QED) is 0.470. The Morgan fingerprint density at radius 1 is 1.07 bits per heavy atom. The molecular formula is C8H16N2O4. The first-order valence-electron chi connectivity index (χ1n) is 3.23. The van der Waals surface area contributed by atoms with E-state index in [1.165, 1.54) is 0 Å². The van der Waals surface area contributed by atoms with Crippen molar-refractivity contribution in [1.82, 2.24) is 12.3 Å². The van der Waals surface area contributed by atoms with Crippen LogP contribution >= 0.6 is 0 Å². The molecule has 9 N–H and O–H groups in total. The maximum absolute atomic E-state index is 8.56. The van der Waals surface area contributed by atoms with Crippen LogP contribution in [0.4, 0.5) is 4.79 Å². The van der Waals surface area contributed by atoms with Crippen LogP contribution in [0, 0.1) is 0 Å². The van der Waals surface area contributed by atoms with Crippen LogP contribution in [0.15, 0.2) is 30.3 Å². The summed E-state index contributed by atoms with van der Waals surface area (Å²) in [4.78, 5) is 8.56. The Balaban J connectivity index is -0.000000180. The van der Waals surface area contributed by atoms with Gasteiger partial charge in [0.05, 0.1) is 6.61 Å². The van der Waals surface area contributed by atoms with E-state index in [0.717, 1.165) is 5.56 Å². The molecule has 0 unspecified atom stereocenters. The standard InChI is InChI=1S/C7H8O.CH2O3.2H3N/c8-6-7-4-2-1-3-5-7;2-1(3)4;;/h1-5,8H,6H2;(H2,2,3,4);2*1H3. The molecule has 1 rings (SSSR count). The molecule has 0 radical (unpaired) electrons. The summed E-state index contributed by atoms with van der Waals surface area (Å²) in [5.74, 6) is 0. The van der Waals surface area contributed by atoms with Gasteiger partial charge in [-0.2, -0.15) is 0 Å². The van der Waals surface area contributed by atoms with Crippen molar-refractivity contribution in [2.75, 3.05) is 0 Å². The summed E-state index contributed by atoms with van der Waals surface area (Å²) >= 11 is 0. The van der Waals surface area contributed by atoms with E-state index in [-0.39, 0.29) is 18.9 Å². The van der Waals surface area contributed by atoms with Gasteiger partial charge in [0, 0.05) is 0 Å². The highest BCUT2D eigenvalue weighted by Gasteiger charge is 1.81. The van der Waals surface area contributed by atoms with Gasteiger partial charge in [-0.25, -0.2) is 4.79 Å². The Bertz CT molecular complexity index is 224. The average molecular weight is 204 g/mol. The summed E-state index contributed by atoms with van der Waals surface area (Å²) in [6, 6.07) is 9.52. The Hall–Kier alpha value is -1.63. The van der Waals surface area contributed by atoms with Crippen LogP contribution in [0.25, 0.3) is 0 Å². The average Bonchev–Trinajstić information content (AvgIpc) is 2.05. The van der Waals surface area contributed by atoms with Gasteiger partial charge in [0.1, 0.15) is 0 Å². The minimum absolute atomic E-state index is 0. The lowest BCUT2D eigenvalue weighted by Gasteiger charge is -1.89. The third-order valence-corrected chi connectivity index (χ3v) is 1.03. The summed E-state index contributed by atoms with van der Waals surface area (Å²) < 4.78 is 0. The smallest absolute Gasteiger partial charge is 0.450 e. The van der Waals surface area contributed by atoms with Crippen molar-refractivity contribution in [2.24, 2.45) is 0 Å². The molecular weight excluding hydrogens is 188 g/mol. The van der Waals surface area contributed by atoms with E-state index in [4.69, 9.17) is 20.1 Å². The van der Waals surface area contributed by atoms with Crippen molar-refractivity contribution in [3.05, 3.63) is 35.9 Å². The minimum atomic E-state index is -1.83. The van der Waals surface area contributed by atoms with Crippen molar-refractivity contribution >= 4 is 6.16 Å². The molecule has 0 heterocycles. The summed E-state index contributed by atoms with van der Waals surface area (Å²) in [7, 11) is 0. The number of benzene rings is 1. The predicted molar refractivity (Wildman–Crippen MR) is 53.1 cm³/mol. The normalized spacial score (nSPS) is 6.93. The van der Waals surface area contributed by atoms with Gasteiger partial charge in [0.15, 0.2) is 0 Å². The fraction of sp³-hybridized carbons (Fsp3) is 0.125. The number of carbonyl (C=O) groups is 1. The van der Waals surface area contributed by atoms with E-state index < -0.39 is 6.16 Å². The maximum Gasteiger partial charge on any atom is 0.503 e. The van der Waals surface area contributed by atoms with Crippen molar-refractivity contribution < 1.29 is 20.1 Å². The molecule has 0 fully saturated rings. The van der Waals surface area contributed by atoms with Crippen LogP contribution in [0.5, 0.6) is 0 Å². The number of aliphatic hydroxyl groups is 1. The summed E-state index contributed by atoms with van der Waals surface area (Å²) in [6.45, 7) is 0.140. The van der Waals surface area contributed by atoms with Gasteiger partial charge in [-0.15, -0.1) is 0 Å². The molecule has 0 saturated carbocycles. The topological polar surface area (TPSA) is 148 Å². The first-order chi connectivity index (χ1) is 5.66. The Labute approximate surface area is 82.0 Å². The number of hydrogen-bond donors (Lipinski definition) is 5. The van der Waals surface area contributed by atoms with Crippen molar-refractivity contribution in [3.8, 4) is 0 Å². The van der Waals surface area contributed by atoms with Crippen LogP contribution in [-0.4, -0.2) is 21.5 Å². The summed E-state index contributed by atoms with van der Waals surface area (Å²) in [6.07, 6.45) is -1.83. The van der Waals surface area contributed by atoms with Crippen LogP contribution < -0.4 is 12.3 Å². The molecule has 0 aliphatic carbocycles. The van der Waals surface area contributed by atoms with Gasteiger partial charge in [0.2, 0.25) is 0 Å².